The molecule has 7 heteroatoms. The number of anilines is 1. The number of piperidine rings is 1. The summed E-state index contributed by atoms with van der Waals surface area (Å²) in [6, 6.07) is 43.9. The maximum Gasteiger partial charge on any atom is 0.166 e. The number of hydrogen-bond acceptors (Lipinski definition) is 5. The van der Waals surface area contributed by atoms with Crippen LogP contribution in [0.25, 0.3) is 22.0 Å². The molecule has 1 aliphatic rings. The van der Waals surface area contributed by atoms with Crippen molar-refractivity contribution >= 4 is 22.5 Å². The number of halogens is 1. The summed E-state index contributed by atoms with van der Waals surface area (Å²) < 4.78 is 15.6. The zero-order valence-electron chi connectivity index (χ0n) is 27.8. The van der Waals surface area contributed by atoms with E-state index in [-0.39, 0.29) is 17.5 Å². The van der Waals surface area contributed by atoms with E-state index >= 15 is 0 Å². The highest BCUT2D eigenvalue weighted by Crippen LogP contribution is 2.42. The third-order valence-corrected chi connectivity index (χ3v) is 10.0. The number of ketones is 1. The Labute approximate surface area is 290 Å². The maximum atomic E-state index is 13.4. The van der Waals surface area contributed by atoms with Crippen molar-refractivity contribution in [2.45, 2.75) is 25.3 Å². The average Bonchev–Trinajstić information content (AvgIpc) is 3.57. The predicted octanol–water partition coefficient (Wildman–Crippen LogP) is 8.88. The minimum atomic E-state index is -0.715. The summed E-state index contributed by atoms with van der Waals surface area (Å²) in [4.78, 5) is 24.8. The number of fused-ring (bicyclic) bond motifs is 1. The lowest BCUT2D eigenvalue weighted by Crippen LogP contribution is -2.38. The first-order valence-electron chi connectivity index (χ1n) is 17.1. The van der Waals surface area contributed by atoms with E-state index in [2.05, 4.69) is 119 Å². The largest absolute Gasteiger partial charge is 0.356 e. The van der Waals surface area contributed by atoms with Crippen LogP contribution in [-0.2, 0) is 5.54 Å². The number of rotatable bonds is 8. The summed E-state index contributed by atoms with van der Waals surface area (Å²) in [5, 5.41) is 6.22. The molecule has 0 aliphatic carbocycles. The Kier molecular flexibility index (Phi) is 8.25. The van der Waals surface area contributed by atoms with Gasteiger partial charge in [-0.05, 0) is 78.4 Å². The Balaban J connectivity index is 1.17. The van der Waals surface area contributed by atoms with E-state index in [4.69, 9.17) is 10.1 Å². The molecule has 0 radical (unpaired) electrons. The van der Waals surface area contributed by atoms with Gasteiger partial charge in [-0.3, -0.25) is 9.48 Å². The van der Waals surface area contributed by atoms with Gasteiger partial charge in [0.2, 0.25) is 0 Å². The second-order valence-corrected chi connectivity index (χ2v) is 12.9. The number of carbonyl (C=O) groups excluding carboxylic acids is 1. The molecule has 50 heavy (non-hydrogen) atoms. The summed E-state index contributed by atoms with van der Waals surface area (Å²) in [6.07, 6.45) is 5.19. The SMILES string of the molecule is Cc1nn(C(c2ccccc2)(c2ccccc2)c2ccccc2)cc1-c1ccc2ncnc(N3CCC(C(=O)c4ccc(F)cc4)CC3)c2c1. The number of nitrogens with zero attached hydrogens (tertiary/aromatic N) is 5. The van der Waals surface area contributed by atoms with E-state index in [0.29, 0.717) is 31.5 Å². The van der Waals surface area contributed by atoms with E-state index < -0.39 is 5.54 Å². The minimum Gasteiger partial charge on any atom is -0.356 e. The molecule has 0 atom stereocenters. The second-order valence-electron chi connectivity index (χ2n) is 12.9. The van der Waals surface area contributed by atoms with Crippen LogP contribution in [-0.4, -0.2) is 38.6 Å². The van der Waals surface area contributed by atoms with Gasteiger partial charge in [-0.25, -0.2) is 14.4 Å². The first-order valence-corrected chi connectivity index (χ1v) is 17.1. The number of hydrogen-bond donors (Lipinski definition) is 0. The fourth-order valence-electron chi connectivity index (χ4n) is 7.52. The Morgan fingerprint density at radius 3 is 1.90 bits per heavy atom. The van der Waals surface area contributed by atoms with Gasteiger partial charge in [-0.1, -0.05) is 97.1 Å². The van der Waals surface area contributed by atoms with Gasteiger partial charge in [0.15, 0.2) is 5.78 Å². The van der Waals surface area contributed by atoms with Gasteiger partial charge >= 0.3 is 0 Å². The molecule has 0 saturated carbocycles. The molecule has 8 rings (SSSR count). The highest BCUT2D eigenvalue weighted by molar-refractivity contribution is 5.98. The normalized spacial score (nSPS) is 13.8. The van der Waals surface area contributed by atoms with Crippen LogP contribution in [0.4, 0.5) is 10.2 Å². The molecular formula is C43H36FN5O. The molecular weight excluding hydrogens is 622 g/mol. The fourth-order valence-corrected chi connectivity index (χ4v) is 7.52. The minimum absolute atomic E-state index is 0.0737. The van der Waals surface area contributed by atoms with E-state index in [1.807, 2.05) is 18.2 Å². The zero-order chi connectivity index (χ0) is 34.1. The summed E-state index contributed by atoms with van der Waals surface area (Å²) in [7, 11) is 0. The second kappa shape index (κ2) is 13.2. The molecule has 246 valence electrons. The Hall–Kier alpha value is -5.95. The van der Waals surface area contributed by atoms with Crippen LogP contribution in [0, 0.1) is 18.7 Å². The number of benzene rings is 5. The van der Waals surface area contributed by atoms with E-state index in [9.17, 15) is 9.18 Å². The molecule has 2 aromatic heterocycles. The van der Waals surface area contributed by atoms with Crippen molar-refractivity contribution in [1.82, 2.24) is 19.7 Å². The summed E-state index contributed by atoms with van der Waals surface area (Å²) >= 11 is 0. The van der Waals surface area contributed by atoms with Crippen LogP contribution in [0.1, 0.15) is 45.6 Å². The van der Waals surface area contributed by atoms with Crippen molar-refractivity contribution in [3.63, 3.8) is 0 Å². The van der Waals surface area contributed by atoms with Crippen molar-refractivity contribution in [2.75, 3.05) is 18.0 Å². The fraction of sp³-hybridized carbons (Fsp3) is 0.163. The van der Waals surface area contributed by atoms with E-state index in [1.54, 1.807) is 18.5 Å². The van der Waals surface area contributed by atoms with Crippen molar-refractivity contribution in [3.8, 4) is 11.1 Å². The molecule has 0 unspecified atom stereocenters. The quantitative estimate of drug-likeness (QED) is 0.121. The summed E-state index contributed by atoms with van der Waals surface area (Å²) in [5.74, 6) is 0.496. The van der Waals surface area contributed by atoms with Gasteiger partial charge in [0, 0.05) is 41.7 Å². The number of Topliss-reactive ketones (excluding diaryl/α,β-unsaturated/α-hetero) is 1. The number of carbonyl (C=O) groups is 1. The molecule has 0 spiro atoms. The van der Waals surface area contributed by atoms with Crippen LogP contribution < -0.4 is 4.90 Å². The summed E-state index contributed by atoms with van der Waals surface area (Å²) in [6.45, 7) is 3.45. The molecule has 1 fully saturated rings. The smallest absolute Gasteiger partial charge is 0.166 e. The van der Waals surface area contributed by atoms with Crippen LogP contribution >= 0.6 is 0 Å². The lowest BCUT2D eigenvalue weighted by Gasteiger charge is -2.36. The highest BCUT2D eigenvalue weighted by Gasteiger charge is 2.39. The predicted molar refractivity (Wildman–Crippen MR) is 196 cm³/mol. The molecule has 0 bridgehead atoms. The van der Waals surface area contributed by atoms with Crippen LogP contribution in [0.5, 0.6) is 0 Å². The van der Waals surface area contributed by atoms with Gasteiger partial charge in [0.1, 0.15) is 23.5 Å². The van der Waals surface area contributed by atoms with E-state index in [0.717, 1.165) is 50.2 Å². The third kappa shape index (κ3) is 5.54. The molecule has 1 saturated heterocycles. The average molecular weight is 658 g/mol. The number of aryl methyl sites for hydroxylation is 1. The van der Waals surface area contributed by atoms with Gasteiger partial charge < -0.3 is 4.90 Å². The van der Waals surface area contributed by atoms with Crippen molar-refractivity contribution in [1.29, 1.82) is 0 Å². The standard InChI is InChI=1S/C43H36FN5O/c1-30-39(28-49(47-30)43(34-11-5-2-6-12-34,35-13-7-3-8-14-35)36-15-9-4-10-16-36)33-19-22-40-38(27-33)42(46-29-45-40)48-25-23-32(24-26-48)41(50)31-17-20-37(44)21-18-31/h2-22,27-29,32H,23-26H2,1H3. The van der Waals surface area contributed by atoms with Crippen molar-refractivity contribution in [3.05, 3.63) is 180 Å². The van der Waals surface area contributed by atoms with Crippen molar-refractivity contribution < 1.29 is 9.18 Å². The zero-order valence-corrected chi connectivity index (χ0v) is 27.8. The lowest BCUT2D eigenvalue weighted by molar-refractivity contribution is 0.0900. The van der Waals surface area contributed by atoms with E-state index in [1.165, 1.54) is 12.1 Å². The monoisotopic (exact) mass is 657 g/mol. The molecule has 5 aromatic carbocycles. The Bertz CT molecular complexity index is 2170. The van der Waals surface area contributed by atoms with Gasteiger partial charge in [0.05, 0.1) is 11.2 Å². The molecule has 1 aliphatic heterocycles. The van der Waals surface area contributed by atoms with Crippen molar-refractivity contribution in [2.24, 2.45) is 5.92 Å². The number of aromatic nitrogens is 4. The first-order chi connectivity index (χ1) is 24.5. The van der Waals surface area contributed by atoms with Gasteiger partial charge in [-0.15, -0.1) is 0 Å². The topological polar surface area (TPSA) is 63.9 Å². The van der Waals surface area contributed by atoms with Crippen LogP contribution in [0.15, 0.2) is 146 Å². The Morgan fingerprint density at radius 1 is 0.740 bits per heavy atom. The molecule has 6 nitrogen and oxygen atoms in total. The third-order valence-electron chi connectivity index (χ3n) is 10.0. The molecule has 0 amide bonds. The lowest BCUT2D eigenvalue weighted by atomic mass is 9.77. The first kappa shape index (κ1) is 31.3. The highest BCUT2D eigenvalue weighted by atomic mass is 19.1. The Morgan fingerprint density at radius 2 is 1.32 bits per heavy atom. The molecule has 3 heterocycles. The summed E-state index contributed by atoms with van der Waals surface area (Å²) in [5.41, 5.74) is 7.02. The maximum absolute atomic E-state index is 13.4. The molecule has 7 aromatic rings. The van der Waals surface area contributed by atoms with Crippen LogP contribution in [0.2, 0.25) is 0 Å². The molecule has 0 N–H and O–H groups in total. The van der Waals surface area contributed by atoms with Crippen LogP contribution in [0.3, 0.4) is 0 Å². The van der Waals surface area contributed by atoms with Gasteiger partial charge in [-0.2, -0.15) is 5.10 Å². The van der Waals surface area contributed by atoms with Gasteiger partial charge in [0.25, 0.3) is 0 Å².